The molecule has 0 spiro atoms. The van der Waals surface area contributed by atoms with E-state index in [2.05, 4.69) is 6.92 Å². The minimum atomic E-state index is -4.48. The molecule has 0 aliphatic carbocycles. The van der Waals surface area contributed by atoms with Gasteiger partial charge in [0.2, 0.25) is 6.29 Å². The quantitative estimate of drug-likeness (QED) is 0.218. The Morgan fingerprint density at radius 2 is 1.82 bits per heavy atom. The molecule has 0 amide bonds. The van der Waals surface area contributed by atoms with Gasteiger partial charge in [-0.05, 0) is 30.7 Å². The van der Waals surface area contributed by atoms with Gasteiger partial charge in [0.05, 0.1) is 10.3 Å². The van der Waals surface area contributed by atoms with Crippen molar-refractivity contribution in [2.75, 3.05) is 0 Å². The first kappa shape index (κ1) is 22.2. The first-order valence-electron chi connectivity index (χ1n) is 6.89. The normalized spacial score (nSPS) is 14.0. The molecule has 0 aliphatic heterocycles. The monoisotopic (exact) mass is 358 g/mol. The summed E-state index contributed by atoms with van der Waals surface area (Å²) in [6.45, 7) is 2.11. The number of alkyl halides is 1. The second-order valence-corrected chi connectivity index (χ2v) is 6.74. The number of hydrogen-bond donors (Lipinski definition) is 1. The number of ether oxygens (including phenoxy) is 1. The van der Waals surface area contributed by atoms with Crippen LogP contribution < -0.4 is 34.3 Å². The third-order valence-corrected chi connectivity index (χ3v) is 4.30. The number of aliphatic hydroxyl groups is 1. The van der Waals surface area contributed by atoms with Crippen LogP contribution in [0.15, 0.2) is 29.2 Å². The second kappa shape index (κ2) is 10.9. The predicted molar refractivity (Wildman–Crippen MR) is 79.4 cm³/mol. The molecule has 0 radical (unpaired) electrons. The summed E-state index contributed by atoms with van der Waals surface area (Å²) >= 11 is 6.04. The fraction of sp³-hybridized carbons (Fsp3) is 0.571. The summed E-state index contributed by atoms with van der Waals surface area (Å²) in [7, 11) is -4.48. The van der Waals surface area contributed by atoms with Gasteiger partial charge in [-0.2, -0.15) is 0 Å². The van der Waals surface area contributed by atoms with E-state index in [1.165, 1.54) is 12.1 Å². The molecule has 1 N–H and O–H groups in total. The molecule has 1 aromatic carbocycles. The average molecular weight is 359 g/mol. The first-order chi connectivity index (χ1) is 9.84. The standard InChI is InChI=1S/C14H21ClO5S.Na/c1-2-3-4-5-6-13(15)14(16)20-11-7-9-12(10-8-11)21(17,18)19;/h7-10,13-14,16H,2-6H2,1H3,(H,17,18,19);/q;+1/p-1. The van der Waals surface area contributed by atoms with E-state index in [4.69, 9.17) is 16.3 Å². The average Bonchev–Trinajstić information content (AvgIpc) is 2.43. The summed E-state index contributed by atoms with van der Waals surface area (Å²) < 4.78 is 37.6. The van der Waals surface area contributed by atoms with Gasteiger partial charge in [-0.1, -0.05) is 32.6 Å². The van der Waals surface area contributed by atoms with E-state index in [1.54, 1.807) is 0 Å². The van der Waals surface area contributed by atoms with Crippen LogP contribution in [0.1, 0.15) is 39.0 Å². The van der Waals surface area contributed by atoms with E-state index >= 15 is 0 Å². The van der Waals surface area contributed by atoms with Crippen molar-refractivity contribution in [3.05, 3.63) is 24.3 Å². The van der Waals surface area contributed by atoms with E-state index < -0.39 is 21.8 Å². The number of rotatable bonds is 9. The third-order valence-electron chi connectivity index (χ3n) is 3.01. The molecular weight excluding hydrogens is 339 g/mol. The second-order valence-electron chi connectivity index (χ2n) is 4.80. The van der Waals surface area contributed by atoms with E-state index in [9.17, 15) is 18.1 Å². The Morgan fingerprint density at radius 1 is 1.23 bits per heavy atom. The van der Waals surface area contributed by atoms with Gasteiger partial charge < -0.3 is 14.4 Å². The zero-order chi connectivity index (χ0) is 15.9. The molecule has 120 valence electrons. The van der Waals surface area contributed by atoms with Crippen LogP contribution in [0.3, 0.4) is 0 Å². The fourth-order valence-corrected chi connectivity index (χ4v) is 2.48. The van der Waals surface area contributed by atoms with Crippen molar-refractivity contribution < 1.29 is 52.4 Å². The van der Waals surface area contributed by atoms with Gasteiger partial charge in [-0.15, -0.1) is 11.6 Å². The predicted octanol–water partition coefficient (Wildman–Crippen LogP) is -0.130. The van der Waals surface area contributed by atoms with Crippen LogP contribution in [-0.4, -0.2) is 29.7 Å². The number of hydrogen-bond acceptors (Lipinski definition) is 5. The summed E-state index contributed by atoms with van der Waals surface area (Å²) in [5.74, 6) is 0.258. The van der Waals surface area contributed by atoms with Crippen molar-refractivity contribution in [1.29, 1.82) is 0 Å². The van der Waals surface area contributed by atoms with E-state index in [0.717, 1.165) is 37.8 Å². The smallest absolute Gasteiger partial charge is 0.744 e. The zero-order valence-corrected chi connectivity index (χ0v) is 16.4. The Hall–Kier alpha value is 0.180. The number of benzene rings is 1. The molecule has 0 saturated heterocycles. The van der Waals surface area contributed by atoms with Gasteiger partial charge in [-0.25, -0.2) is 8.42 Å². The van der Waals surface area contributed by atoms with Gasteiger partial charge in [-0.3, -0.25) is 0 Å². The Balaban J connectivity index is 0.00000441. The van der Waals surface area contributed by atoms with Gasteiger partial charge in [0.1, 0.15) is 15.9 Å². The molecular formula is C14H20ClNaO5S. The Kier molecular flexibility index (Phi) is 11.0. The van der Waals surface area contributed by atoms with Crippen LogP contribution in [0.2, 0.25) is 0 Å². The zero-order valence-electron chi connectivity index (χ0n) is 12.9. The fourth-order valence-electron chi connectivity index (χ4n) is 1.81. The van der Waals surface area contributed by atoms with Gasteiger partial charge in [0.15, 0.2) is 0 Å². The number of aliphatic hydroxyl groups excluding tert-OH is 1. The van der Waals surface area contributed by atoms with Crippen molar-refractivity contribution in [3.8, 4) is 5.75 Å². The molecule has 22 heavy (non-hydrogen) atoms. The SMILES string of the molecule is CCCCCCC(Cl)C(O)Oc1ccc(S(=O)(=O)[O-])cc1.[Na+]. The van der Waals surface area contributed by atoms with Crippen molar-refractivity contribution in [2.45, 2.75) is 55.6 Å². The minimum absolute atomic E-state index is 0. The number of unbranched alkanes of at least 4 members (excludes halogenated alkanes) is 3. The summed E-state index contributed by atoms with van der Waals surface area (Å²) in [5, 5.41) is 9.29. The Labute approximate surface area is 159 Å². The molecule has 8 heteroatoms. The maximum atomic E-state index is 10.8. The van der Waals surface area contributed by atoms with Crippen LogP contribution in [0.25, 0.3) is 0 Å². The number of halogens is 1. The van der Waals surface area contributed by atoms with Gasteiger partial charge in [0.25, 0.3) is 0 Å². The molecule has 0 aromatic heterocycles. The van der Waals surface area contributed by atoms with Crippen LogP contribution in [0.4, 0.5) is 0 Å². The van der Waals surface area contributed by atoms with Gasteiger partial charge in [0, 0.05) is 0 Å². The largest absolute Gasteiger partial charge is 1.00 e. The topological polar surface area (TPSA) is 86.7 Å². The molecule has 5 nitrogen and oxygen atoms in total. The Bertz CT molecular complexity index is 521. The molecule has 0 saturated carbocycles. The first-order valence-corrected chi connectivity index (χ1v) is 8.74. The molecule has 2 unspecified atom stereocenters. The molecule has 1 rings (SSSR count). The van der Waals surface area contributed by atoms with Crippen LogP contribution in [-0.2, 0) is 10.1 Å². The van der Waals surface area contributed by atoms with Crippen molar-refractivity contribution >= 4 is 21.7 Å². The van der Waals surface area contributed by atoms with Crippen LogP contribution in [0, 0.1) is 0 Å². The molecule has 0 heterocycles. The maximum absolute atomic E-state index is 10.8. The molecule has 0 bridgehead atoms. The van der Waals surface area contributed by atoms with Crippen molar-refractivity contribution in [3.63, 3.8) is 0 Å². The third kappa shape index (κ3) is 8.15. The molecule has 0 fully saturated rings. The maximum Gasteiger partial charge on any atom is 1.00 e. The van der Waals surface area contributed by atoms with Crippen LogP contribution in [0.5, 0.6) is 5.75 Å². The van der Waals surface area contributed by atoms with E-state index in [0.29, 0.717) is 6.42 Å². The van der Waals surface area contributed by atoms with E-state index in [-0.39, 0.29) is 40.2 Å². The van der Waals surface area contributed by atoms with Crippen molar-refractivity contribution in [1.82, 2.24) is 0 Å². The van der Waals surface area contributed by atoms with E-state index in [1.807, 2.05) is 0 Å². The minimum Gasteiger partial charge on any atom is -0.744 e. The van der Waals surface area contributed by atoms with Crippen LogP contribution >= 0.6 is 11.6 Å². The summed E-state index contributed by atoms with van der Waals surface area (Å²) in [6, 6.07) is 4.90. The molecule has 1 aromatic rings. The van der Waals surface area contributed by atoms with Crippen molar-refractivity contribution in [2.24, 2.45) is 0 Å². The molecule has 2 atom stereocenters. The van der Waals surface area contributed by atoms with Gasteiger partial charge >= 0.3 is 29.6 Å². The summed E-state index contributed by atoms with van der Waals surface area (Å²) in [5.41, 5.74) is 0. The summed E-state index contributed by atoms with van der Waals surface area (Å²) in [6.07, 6.45) is 3.68. The summed E-state index contributed by atoms with van der Waals surface area (Å²) in [4.78, 5) is -0.341. The Morgan fingerprint density at radius 3 is 2.32 bits per heavy atom. The molecule has 0 aliphatic rings.